The van der Waals surface area contributed by atoms with Gasteiger partial charge in [0.25, 0.3) is 0 Å². The Kier molecular flexibility index (Phi) is 3.46. The smallest absolute Gasteiger partial charge is 0.292 e. The van der Waals surface area contributed by atoms with Crippen LogP contribution in [0.3, 0.4) is 0 Å². The fourth-order valence-corrected chi connectivity index (χ4v) is 3.32. The molecule has 4 rings (SSSR count). The van der Waals surface area contributed by atoms with E-state index in [0.29, 0.717) is 11.4 Å². The number of carbonyl (C=O) groups excluding carboxylic acids is 1. The van der Waals surface area contributed by atoms with Crippen LogP contribution >= 0.6 is 11.3 Å². The third-order valence-electron chi connectivity index (χ3n) is 3.91. The Bertz CT molecular complexity index is 890. The second-order valence-corrected chi connectivity index (χ2v) is 6.58. The van der Waals surface area contributed by atoms with Gasteiger partial charge in [0.1, 0.15) is 6.54 Å². The van der Waals surface area contributed by atoms with E-state index in [0.717, 1.165) is 17.7 Å². The van der Waals surface area contributed by atoms with Gasteiger partial charge in [0.15, 0.2) is 11.6 Å². The van der Waals surface area contributed by atoms with Crippen molar-refractivity contribution >= 4 is 17.1 Å². The largest absolute Gasteiger partial charge is 0.346 e. The zero-order valence-electron chi connectivity index (χ0n) is 12.4. The molecule has 0 bridgehead atoms. The molecule has 0 saturated heterocycles. The van der Waals surface area contributed by atoms with Crippen LogP contribution in [0.5, 0.6) is 0 Å². The molecule has 1 aliphatic rings. The summed E-state index contributed by atoms with van der Waals surface area (Å²) in [6.45, 7) is -0.0268. The lowest BCUT2D eigenvalue weighted by Gasteiger charge is -2.00. The maximum atomic E-state index is 12.6. The SMILES string of the molecule is O=C(Cn1nc(-c2cccs2)n(C2CC2)c1=O)c1ccccc1. The van der Waals surface area contributed by atoms with Gasteiger partial charge in [-0.3, -0.25) is 9.36 Å². The standard InChI is InChI=1S/C17H15N3O2S/c21-14(12-5-2-1-3-6-12)11-19-17(22)20(13-8-9-13)16(18-19)15-7-4-10-23-15/h1-7,10,13H,8-9,11H2. The van der Waals surface area contributed by atoms with Crippen LogP contribution in [0.25, 0.3) is 10.7 Å². The average Bonchev–Trinajstić information content (AvgIpc) is 3.15. The van der Waals surface area contributed by atoms with Crippen LogP contribution in [0.2, 0.25) is 0 Å². The van der Waals surface area contributed by atoms with E-state index in [-0.39, 0.29) is 24.1 Å². The average molecular weight is 325 g/mol. The molecule has 116 valence electrons. The van der Waals surface area contributed by atoms with Gasteiger partial charge in [-0.1, -0.05) is 36.4 Å². The molecular weight excluding hydrogens is 310 g/mol. The second-order valence-electron chi connectivity index (χ2n) is 5.63. The lowest BCUT2D eigenvalue weighted by Crippen LogP contribution is -2.27. The van der Waals surface area contributed by atoms with E-state index < -0.39 is 0 Å². The fourth-order valence-electron chi connectivity index (χ4n) is 2.61. The van der Waals surface area contributed by atoms with Gasteiger partial charge >= 0.3 is 5.69 Å². The van der Waals surface area contributed by atoms with Crippen molar-refractivity contribution in [1.82, 2.24) is 14.3 Å². The lowest BCUT2D eigenvalue weighted by molar-refractivity contribution is 0.0966. The highest BCUT2D eigenvalue weighted by Crippen LogP contribution is 2.37. The van der Waals surface area contributed by atoms with E-state index in [1.165, 1.54) is 4.68 Å². The predicted octanol–water partition coefficient (Wildman–Crippen LogP) is 2.99. The van der Waals surface area contributed by atoms with Crippen LogP contribution in [0.4, 0.5) is 0 Å². The summed E-state index contributed by atoms with van der Waals surface area (Å²) in [5.74, 6) is 0.569. The molecule has 0 spiro atoms. The second kappa shape index (κ2) is 5.62. The number of Topliss-reactive ketones (excluding diaryl/α,β-unsaturated/α-hetero) is 1. The fraction of sp³-hybridized carbons (Fsp3) is 0.235. The van der Waals surface area contributed by atoms with E-state index in [4.69, 9.17) is 0 Å². The van der Waals surface area contributed by atoms with Gasteiger partial charge in [-0.25, -0.2) is 9.48 Å². The molecule has 0 N–H and O–H groups in total. The molecule has 0 atom stereocenters. The van der Waals surface area contributed by atoms with Crippen LogP contribution in [0, 0.1) is 0 Å². The summed E-state index contributed by atoms with van der Waals surface area (Å²) in [6.07, 6.45) is 1.99. The van der Waals surface area contributed by atoms with Crippen molar-refractivity contribution < 1.29 is 4.79 Å². The van der Waals surface area contributed by atoms with Gasteiger partial charge in [0.2, 0.25) is 0 Å². The van der Waals surface area contributed by atoms with Crippen LogP contribution in [-0.4, -0.2) is 20.1 Å². The first-order chi connectivity index (χ1) is 11.2. The van der Waals surface area contributed by atoms with Crippen molar-refractivity contribution in [1.29, 1.82) is 0 Å². The number of benzene rings is 1. The Labute approximate surface area is 136 Å². The summed E-state index contributed by atoms with van der Waals surface area (Å²) in [6, 6.07) is 13.1. The summed E-state index contributed by atoms with van der Waals surface area (Å²) in [4.78, 5) is 26.0. The molecule has 0 aliphatic heterocycles. The molecule has 1 saturated carbocycles. The Morgan fingerprint density at radius 3 is 2.61 bits per heavy atom. The molecule has 5 nitrogen and oxygen atoms in total. The number of carbonyl (C=O) groups is 1. The molecule has 1 aliphatic carbocycles. The van der Waals surface area contributed by atoms with Crippen molar-refractivity contribution in [2.45, 2.75) is 25.4 Å². The molecule has 1 aromatic carbocycles. The monoisotopic (exact) mass is 325 g/mol. The first kappa shape index (κ1) is 14.1. The number of ketones is 1. The Balaban J connectivity index is 1.71. The highest BCUT2D eigenvalue weighted by Gasteiger charge is 2.31. The van der Waals surface area contributed by atoms with Crippen molar-refractivity contribution in [2.24, 2.45) is 0 Å². The summed E-state index contributed by atoms with van der Waals surface area (Å²) < 4.78 is 3.03. The summed E-state index contributed by atoms with van der Waals surface area (Å²) in [7, 11) is 0. The molecule has 6 heteroatoms. The van der Waals surface area contributed by atoms with Crippen molar-refractivity contribution in [2.75, 3.05) is 0 Å². The van der Waals surface area contributed by atoms with Gasteiger partial charge in [-0.2, -0.15) is 0 Å². The summed E-state index contributed by atoms with van der Waals surface area (Å²) in [5.41, 5.74) is 0.401. The van der Waals surface area contributed by atoms with E-state index in [1.807, 2.05) is 35.7 Å². The Hall–Kier alpha value is -2.47. The molecule has 3 aromatic rings. The lowest BCUT2D eigenvalue weighted by atomic mass is 10.1. The van der Waals surface area contributed by atoms with E-state index >= 15 is 0 Å². The summed E-state index contributed by atoms with van der Waals surface area (Å²) in [5, 5.41) is 6.40. The van der Waals surface area contributed by atoms with E-state index in [1.54, 1.807) is 28.0 Å². The number of nitrogens with zero attached hydrogens (tertiary/aromatic N) is 3. The number of hydrogen-bond donors (Lipinski definition) is 0. The molecule has 0 amide bonds. The number of rotatable bonds is 5. The van der Waals surface area contributed by atoms with Gasteiger partial charge in [0, 0.05) is 11.6 Å². The van der Waals surface area contributed by atoms with Crippen LogP contribution in [0.15, 0.2) is 52.6 Å². The first-order valence-electron chi connectivity index (χ1n) is 7.55. The van der Waals surface area contributed by atoms with Crippen LogP contribution in [-0.2, 0) is 6.54 Å². The van der Waals surface area contributed by atoms with Gasteiger partial charge in [-0.15, -0.1) is 16.4 Å². The van der Waals surface area contributed by atoms with E-state index in [9.17, 15) is 9.59 Å². The van der Waals surface area contributed by atoms with Gasteiger partial charge < -0.3 is 0 Å². The zero-order chi connectivity index (χ0) is 15.8. The predicted molar refractivity (Wildman–Crippen MR) is 88.8 cm³/mol. The molecule has 1 fully saturated rings. The first-order valence-corrected chi connectivity index (χ1v) is 8.43. The van der Waals surface area contributed by atoms with Crippen LogP contribution in [0.1, 0.15) is 29.2 Å². The molecule has 23 heavy (non-hydrogen) atoms. The van der Waals surface area contributed by atoms with E-state index in [2.05, 4.69) is 5.10 Å². The summed E-state index contributed by atoms with van der Waals surface area (Å²) >= 11 is 1.55. The Morgan fingerprint density at radius 1 is 1.17 bits per heavy atom. The highest BCUT2D eigenvalue weighted by molar-refractivity contribution is 7.13. The Morgan fingerprint density at radius 2 is 1.96 bits per heavy atom. The van der Waals surface area contributed by atoms with Crippen LogP contribution < -0.4 is 5.69 Å². The normalized spacial score (nSPS) is 14.1. The highest BCUT2D eigenvalue weighted by atomic mass is 32.1. The van der Waals surface area contributed by atoms with Gasteiger partial charge in [0.05, 0.1) is 4.88 Å². The maximum absolute atomic E-state index is 12.6. The topological polar surface area (TPSA) is 56.9 Å². The minimum atomic E-state index is -0.194. The molecule has 2 aromatic heterocycles. The van der Waals surface area contributed by atoms with Crippen molar-refractivity contribution in [3.05, 3.63) is 63.9 Å². The minimum Gasteiger partial charge on any atom is -0.292 e. The number of hydrogen-bond acceptors (Lipinski definition) is 4. The van der Waals surface area contributed by atoms with Gasteiger partial charge in [-0.05, 0) is 24.3 Å². The zero-order valence-corrected chi connectivity index (χ0v) is 13.2. The third-order valence-corrected chi connectivity index (χ3v) is 4.78. The molecule has 0 unspecified atom stereocenters. The number of aromatic nitrogens is 3. The van der Waals surface area contributed by atoms with Crippen molar-refractivity contribution in [3.63, 3.8) is 0 Å². The molecule has 0 radical (unpaired) electrons. The minimum absolute atomic E-state index is 0.0268. The van der Waals surface area contributed by atoms with Crippen molar-refractivity contribution in [3.8, 4) is 10.7 Å². The molecular formula is C17H15N3O2S. The third kappa shape index (κ3) is 2.66. The number of thiophene rings is 1. The quantitative estimate of drug-likeness (QED) is 0.678. The molecule has 2 heterocycles. The maximum Gasteiger partial charge on any atom is 0.346 e.